The topological polar surface area (TPSA) is 80.3 Å². The van der Waals surface area contributed by atoms with Crippen LogP contribution < -0.4 is 15.4 Å². The summed E-state index contributed by atoms with van der Waals surface area (Å²) >= 11 is 7.26. The van der Waals surface area contributed by atoms with Crippen molar-refractivity contribution in [3.63, 3.8) is 0 Å². The van der Waals surface area contributed by atoms with Crippen LogP contribution in [0.3, 0.4) is 0 Å². The van der Waals surface area contributed by atoms with E-state index in [2.05, 4.69) is 15.6 Å². The molecule has 1 atom stereocenters. The second kappa shape index (κ2) is 10.8. The van der Waals surface area contributed by atoms with Crippen LogP contribution in [0.1, 0.15) is 23.7 Å². The average molecular weight is 456 g/mol. The SMILES string of the molecule is CCC(Sc1cccc(NC(=O)c2cccc(OC)c2)c1)C(=O)Nc1ccc(Cl)cn1. The minimum absolute atomic E-state index is 0.145. The molecule has 1 heterocycles. The summed E-state index contributed by atoms with van der Waals surface area (Å²) in [5.41, 5.74) is 1.14. The minimum Gasteiger partial charge on any atom is -0.497 e. The lowest BCUT2D eigenvalue weighted by atomic mass is 10.2. The number of methoxy groups -OCH3 is 1. The molecule has 1 aromatic heterocycles. The van der Waals surface area contributed by atoms with Gasteiger partial charge in [-0.1, -0.05) is 30.7 Å². The number of hydrogen-bond acceptors (Lipinski definition) is 5. The first kappa shape index (κ1) is 22.7. The van der Waals surface area contributed by atoms with Gasteiger partial charge in [0.05, 0.1) is 17.4 Å². The van der Waals surface area contributed by atoms with Crippen LogP contribution in [-0.4, -0.2) is 29.2 Å². The molecule has 0 aliphatic rings. The molecule has 3 aromatic rings. The number of nitrogens with one attached hydrogen (secondary N) is 2. The highest BCUT2D eigenvalue weighted by Gasteiger charge is 2.19. The number of carbonyl (C=O) groups excluding carboxylic acids is 2. The molecule has 2 aromatic carbocycles. The summed E-state index contributed by atoms with van der Waals surface area (Å²) in [6.45, 7) is 1.95. The number of ether oxygens (including phenoxy) is 1. The predicted molar refractivity (Wildman–Crippen MR) is 125 cm³/mol. The molecule has 1 unspecified atom stereocenters. The Morgan fingerprint density at radius 1 is 1.10 bits per heavy atom. The van der Waals surface area contributed by atoms with Gasteiger partial charge in [-0.15, -0.1) is 11.8 Å². The lowest BCUT2D eigenvalue weighted by molar-refractivity contribution is -0.115. The third kappa shape index (κ3) is 6.47. The molecule has 0 aliphatic heterocycles. The van der Waals surface area contributed by atoms with Crippen LogP contribution in [0.5, 0.6) is 5.75 Å². The van der Waals surface area contributed by atoms with Gasteiger partial charge in [0.1, 0.15) is 11.6 Å². The van der Waals surface area contributed by atoms with Crippen LogP contribution in [0.2, 0.25) is 5.02 Å². The quantitative estimate of drug-likeness (QED) is 0.438. The van der Waals surface area contributed by atoms with E-state index < -0.39 is 0 Å². The first-order valence-electron chi connectivity index (χ1n) is 9.63. The van der Waals surface area contributed by atoms with E-state index in [1.54, 1.807) is 49.6 Å². The number of nitrogens with zero attached hydrogens (tertiary/aromatic N) is 1. The van der Waals surface area contributed by atoms with Crippen molar-refractivity contribution in [1.82, 2.24) is 4.98 Å². The fraction of sp³-hybridized carbons (Fsp3) is 0.174. The Bertz CT molecular complexity index is 1060. The molecule has 0 saturated heterocycles. The first-order valence-corrected chi connectivity index (χ1v) is 10.9. The highest BCUT2D eigenvalue weighted by atomic mass is 35.5. The normalized spacial score (nSPS) is 11.5. The number of halogens is 1. The molecule has 0 aliphatic carbocycles. The van der Waals surface area contributed by atoms with Gasteiger partial charge in [-0.05, 0) is 55.0 Å². The summed E-state index contributed by atoms with van der Waals surface area (Å²) < 4.78 is 5.17. The molecule has 31 heavy (non-hydrogen) atoms. The summed E-state index contributed by atoms with van der Waals surface area (Å²) in [6.07, 6.45) is 2.12. The van der Waals surface area contributed by atoms with E-state index in [9.17, 15) is 9.59 Å². The number of carbonyl (C=O) groups is 2. The number of anilines is 2. The highest BCUT2D eigenvalue weighted by molar-refractivity contribution is 8.00. The molecule has 0 fully saturated rings. The fourth-order valence-electron chi connectivity index (χ4n) is 2.76. The van der Waals surface area contributed by atoms with Crippen LogP contribution in [0.25, 0.3) is 0 Å². The summed E-state index contributed by atoms with van der Waals surface area (Å²) in [6, 6.07) is 17.7. The van der Waals surface area contributed by atoms with E-state index >= 15 is 0 Å². The van der Waals surface area contributed by atoms with Crippen LogP contribution in [0, 0.1) is 0 Å². The van der Waals surface area contributed by atoms with Crippen molar-refractivity contribution in [1.29, 1.82) is 0 Å². The third-order valence-corrected chi connectivity index (χ3v) is 5.93. The van der Waals surface area contributed by atoms with Crippen LogP contribution in [0.15, 0.2) is 71.8 Å². The molecule has 6 nitrogen and oxygen atoms in total. The molecule has 0 spiro atoms. The zero-order valence-corrected chi connectivity index (χ0v) is 18.7. The van der Waals surface area contributed by atoms with Gasteiger partial charge in [-0.2, -0.15) is 0 Å². The van der Waals surface area contributed by atoms with Gasteiger partial charge < -0.3 is 15.4 Å². The molecular formula is C23H22ClN3O3S. The maximum absolute atomic E-state index is 12.7. The molecule has 0 bridgehead atoms. The molecule has 2 amide bonds. The lowest BCUT2D eigenvalue weighted by Crippen LogP contribution is -2.25. The number of hydrogen-bond donors (Lipinski definition) is 2. The first-order chi connectivity index (χ1) is 15.0. The van der Waals surface area contributed by atoms with Crippen LogP contribution in [0.4, 0.5) is 11.5 Å². The van der Waals surface area contributed by atoms with Crippen molar-refractivity contribution in [2.45, 2.75) is 23.5 Å². The van der Waals surface area contributed by atoms with Crippen molar-refractivity contribution in [3.8, 4) is 5.75 Å². The van der Waals surface area contributed by atoms with Gasteiger partial charge in [-0.25, -0.2) is 4.98 Å². The van der Waals surface area contributed by atoms with Crippen molar-refractivity contribution < 1.29 is 14.3 Å². The van der Waals surface area contributed by atoms with Gasteiger partial charge in [0, 0.05) is 22.3 Å². The monoisotopic (exact) mass is 455 g/mol. The Morgan fingerprint density at radius 2 is 1.90 bits per heavy atom. The summed E-state index contributed by atoms with van der Waals surface area (Å²) in [4.78, 5) is 30.2. The third-order valence-electron chi connectivity index (χ3n) is 4.34. The molecule has 2 N–H and O–H groups in total. The number of pyridine rings is 1. The average Bonchev–Trinajstić information content (AvgIpc) is 2.79. The van der Waals surface area contributed by atoms with E-state index in [-0.39, 0.29) is 17.1 Å². The minimum atomic E-state index is -0.318. The zero-order valence-electron chi connectivity index (χ0n) is 17.1. The molecule has 160 valence electrons. The van der Waals surface area contributed by atoms with E-state index in [4.69, 9.17) is 16.3 Å². The number of aromatic nitrogens is 1. The fourth-order valence-corrected chi connectivity index (χ4v) is 3.88. The Labute approximate surface area is 190 Å². The molecular weight excluding hydrogens is 434 g/mol. The highest BCUT2D eigenvalue weighted by Crippen LogP contribution is 2.29. The van der Waals surface area contributed by atoms with Gasteiger partial charge >= 0.3 is 0 Å². The van der Waals surface area contributed by atoms with Gasteiger partial charge in [-0.3, -0.25) is 9.59 Å². The number of rotatable bonds is 8. The van der Waals surface area contributed by atoms with E-state index in [1.165, 1.54) is 18.0 Å². The summed E-state index contributed by atoms with van der Waals surface area (Å²) in [5, 5.41) is 5.88. The maximum Gasteiger partial charge on any atom is 0.255 e. The van der Waals surface area contributed by atoms with Crippen LogP contribution >= 0.6 is 23.4 Å². The van der Waals surface area contributed by atoms with Gasteiger partial charge in [0.25, 0.3) is 5.91 Å². The number of benzene rings is 2. The van der Waals surface area contributed by atoms with E-state index in [1.807, 2.05) is 25.1 Å². The summed E-state index contributed by atoms with van der Waals surface area (Å²) in [5.74, 6) is 0.685. The second-order valence-electron chi connectivity index (χ2n) is 6.58. The van der Waals surface area contributed by atoms with Crippen LogP contribution in [-0.2, 0) is 4.79 Å². The lowest BCUT2D eigenvalue weighted by Gasteiger charge is -2.15. The Kier molecular flexibility index (Phi) is 7.92. The number of thioether (sulfide) groups is 1. The second-order valence-corrected chi connectivity index (χ2v) is 8.29. The summed E-state index contributed by atoms with van der Waals surface area (Å²) in [7, 11) is 1.56. The van der Waals surface area contributed by atoms with Gasteiger partial charge in [0.2, 0.25) is 5.91 Å². The molecule has 8 heteroatoms. The van der Waals surface area contributed by atoms with Gasteiger partial charge in [0.15, 0.2) is 0 Å². The molecule has 3 rings (SSSR count). The maximum atomic E-state index is 12.7. The number of amides is 2. The molecule has 0 radical (unpaired) electrons. The Hall–Kier alpha value is -3.03. The van der Waals surface area contributed by atoms with Crippen molar-refractivity contribution in [2.75, 3.05) is 17.7 Å². The van der Waals surface area contributed by atoms with Crippen molar-refractivity contribution in [2.24, 2.45) is 0 Å². The zero-order chi connectivity index (χ0) is 22.2. The molecule has 0 saturated carbocycles. The largest absolute Gasteiger partial charge is 0.497 e. The smallest absolute Gasteiger partial charge is 0.255 e. The Balaban J connectivity index is 1.66. The predicted octanol–water partition coefficient (Wildman–Crippen LogP) is 5.51. The van der Waals surface area contributed by atoms with E-state index in [0.717, 1.165) is 4.90 Å². The van der Waals surface area contributed by atoms with Crippen molar-refractivity contribution in [3.05, 3.63) is 77.4 Å². The standard InChI is InChI=1S/C23H22ClN3O3S/c1-3-20(23(29)27-21-11-10-16(24)14-25-21)31-19-9-5-7-17(13-19)26-22(28)15-6-4-8-18(12-15)30-2/h4-14,20H,3H2,1-2H3,(H,26,28)(H,25,27,29). The van der Waals surface area contributed by atoms with Crippen molar-refractivity contribution >= 4 is 46.7 Å². The van der Waals surface area contributed by atoms with E-state index in [0.29, 0.717) is 34.3 Å². The Morgan fingerprint density at radius 3 is 2.61 bits per heavy atom.